The van der Waals surface area contributed by atoms with E-state index in [1.54, 1.807) is 60.7 Å². The average molecular weight is 500 g/mol. The lowest BCUT2D eigenvalue weighted by atomic mass is 9.77. The molecule has 0 aromatic heterocycles. The summed E-state index contributed by atoms with van der Waals surface area (Å²) >= 11 is 0. The highest BCUT2D eigenvalue weighted by Gasteiger charge is 2.74. The van der Waals surface area contributed by atoms with E-state index in [1.165, 1.54) is 0 Å². The molecule has 38 heavy (non-hydrogen) atoms. The van der Waals surface area contributed by atoms with Crippen molar-refractivity contribution in [1.82, 2.24) is 0 Å². The minimum Gasteiger partial charge on any atom is -0.349 e. The van der Waals surface area contributed by atoms with Gasteiger partial charge in [0.1, 0.15) is 0 Å². The van der Waals surface area contributed by atoms with E-state index in [1.807, 2.05) is 48.5 Å². The maximum Gasteiger partial charge on any atom is 0.241 e. The van der Waals surface area contributed by atoms with Gasteiger partial charge in [0.15, 0.2) is 0 Å². The van der Waals surface area contributed by atoms with Crippen molar-refractivity contribution in [1.29, 1.82) is 0 Å². The number of Topliss-reactive ketones (excluding diaryl/α,β-unsaturated/α-hetero) is 2. The first kappa shape index (κ1) is 22.5. The fraction of sp³-hybridized carbons (Fsp3) is 0.125. The molecule has 3 atom stereocenters. The fourth-order valence-corrected chi connectivity index (χ4v) is 6.15. The Kier molecular flexibility index (Phi) is 4.84. The molecule has 6 nitrogen and oxygen atoms in total. The van der Waals surface area contributed by atoms with E-state index in [4.69, 9.17) is 4.74 Å². The van der Waals surface area contributed by atoms with Gasteiger partial charge in [-0.15, -0.1) is 0 Å². The van der Waals surface area contributed by atoms with Crippen LogP contribution in [0.5, 0.6) is 0 Å². The molecule has 0 bridgehead atoms. The van der Waals surface area contributed by atoms with Gasteiger partial charge < -0.3 is 4.74 Å². The molecule has 0 radical (unpaired) electrons. The number of hydrogen-bond acceptors (Lipinski definition) is 5. The molecule has 0 N–H and O–H groups in total. The lowest BCUT2D eigenvalue weighted by Crippen LogP contribution is -2.51. The smallest absolute Gasteiger partial charge is 0.241 e. The van der Waals surface area contributed by atoms with Crippen LogP contribution in [0.1, 0.15) is 32.4 Å². The third-order valence-corrected chi connectivity index (χ3v) is 7.88. The van der Waals surface area contributed by atoms with Crippen molar-refractivity contribution in [3.05, 3.63) is 126 Å². The van der Waals surface area contributed by atoms with E-state index in [9.17, 15) is 19.2 Å². The second-order valence-electron chi connectivity index (χ2n) is 9.82. The van der Waals surface area contributed by atoms with Crippen LogP contribution in [-0.4, -0.2) is 29.0 Å². The van der Waals surface area contributed by atoms with Crippen LogP contribution in [0.3, 0.4) is 0 Å². The van der Waals surface area contributed by atoms with Crippen molar-refractivity contribution in [2.24, 2.45) is 11.8 Å². The zero-order valence-corrected chi connectivity index (χ0v) is 20.1. The third-order valence-electron chi connectivity index (χ3n) is 7.88. The molecule has 2 amide bonds. The monoisotopic (exact) mass is 499 g/mol. The maximum atomic E-state index is 14.1. The number of carbonyl (C=O) groups excluding carboxylic acids is 4. The molecule has 4 aromatic carbocycles. The Bertz CT molecular complexity index is 1590. The summed E-state index contributed by atoms with van der Waals surface area (Å²) in [5.74, 6) is -4.47. The zero-order chi connectivity index (χ0) is 26.0. The van der Waals surface area contributed by atoms with Gasteiger partial charge in [0.05, 0.1) is 23.6 Å². The molecule has 2 saturated heterocycles. The average Bonchev–Trinajstić information content (AvgIpc) is 3.54. The Morgan fingerprint density at radius 1 is 0.579 bits per heavy atom. The van der Waals surface area contributed by atoms with Crippen LogP contribution >= 0.6 is 0 Å². The first-order chi connectivity index (χ1) is 18.5. The quantitative estimate of drug-likeness (QED) is 0.291. The van der Waals surface area contributed by atoms with Crippen molar-refractivity contribution in [3.8, 4) is 11.1 Å². The highest BCUT2D eigenvalue weighted by atomic mass is 16.5. The molecule has 7 rings (SSSR count). The van der Waals surface area contributed by atoms with Crippen LogP contribution in [0.4, 0.5) is 5.69 Å². The largest absolute Gasteiger partial charge is 0.349 e. The lowest BCUT2D eigenvalue weighted by Gasteiger charge is -2.27. The number of carbonyl (C=O) groups is 4. The number of imide groups is 1. The topological polar surface area (TPSA) is 80.8 Å². The molecule has 6 heteroatoms. The summed E-state index contributed by atoms with van der Waals surface area (Å²) in [7, 11) is 0. The Morgan fingerprint density at radius 2 is 1.11 bits per heavy atom. The third kappa shape index (κ3) is 2.92. The zero-order valence-electron chi connectivity index (χ0n) is 20.1. The Hall–Kier alpha value is -4.68. The number of benzene rings is 4. The summed E-state index contributed by atoms with van der Waals surface area (Å²) < 4.78 is 6.30. The Balaban J connectivity index is 1.34. The predicted molar refractivity (Wildman–Crippen MR) is 139 cm³/mol. The minimum atomic E-state index is -2.07. The van der Waals surface area contributed by atoms with E-state index in [0.29, 0.717) is 11.3 Å². The fourth-order valence-electron chi connectivity index (χ4n) is 6.15. The first-order valence-corrected chi connectivity index (χ1v) is 12.5. The van der Waals surface area contributed by atoms with E-state index >= 15 is 0 Å². The highest BCUT2D eigenvalue weighted by molar-refractivity contribution is 6.37. The van der Waals surface area contributed by atoms with Crippen molar-refractivity contribution in [2.45, 2.75) is 11.7 Å². The molecule has 1 aliphatic carbocycles. The molecule has 2 fully saturated rings. The first-order valence-electron chi connectivity index (χ1n) is 12.5. The highest BCUT2D eigenvalue weighted by Crippen LogP contribution is 2.57. The molecule has 0 unspecified atom stereocenters. The molecule has 3 aliphatic rings. The maximum absolute atomic E-state index is 14.1. The van der Waals surface area contributed by atoms with Gasteiger partial charge in [0.2, 0.25) is 29.0 Å². The van der Waals surface area contributed by atoms with Crippen LogP contribution in [0, 0.1) is 11.8 Å². The number of anilines is 1. The summed E-state index contributed by atoms with van der Waals surface area (Å²) in [6.07, 6.45) is -0.923. The van der Waals surface area contributed by atoms with Gasteiger partial charge in [-0.05, 0) is 28.8 Å². The van der Waals surface area contributed by atoms with Crippen molar-refractivity contribution < 1.29 is 23.9 Å². The summed E-state index contributed by atoms with van der Waals surface area (Å²) in [5.41, 5.74) is 1.34. The van der Waals surface area contributed by atoms with Gasteiger partial charge in [-0.1, -0.05) is 97.1 Å². The molecule has 0 saturated carbocycles. The van der Waals surface area contributed by atoms with Crippen molar-refractivity contribution in [3.63, 3.8) is 0 Å². The van der Waals surface area contributed by atoms with Crippen LogP contribution < -0.4 is 4.90 Å². The number of rotatable bonds is 3. The summed E-state index contributed by atoms with van der Waals surface area (Å²) in [6, 6.07) is 32.4. The van der Waals surface area contributed by atoms with Crippen molar-refractivity contribution in [2.75, 3.05) is 4.90 Å². The standard InChI is InChI=1S/C32H21NO5/c34-28-23-13-7-8-14-24(23)29(35)32(28)26-25(27(38-32)21-11-5-2-6-12-21)30(36)33(31(26)37)22-17-15-20(16-18-22)19-9-3-1-4-10-19/h1-18,25-27H/t25-,26+,27-/m1/s1. The normalized spacial score (nSPS) is 23.3. The number of amides is 2. The number of ketones is 2. The molecular formula is C32H21NO5. The van der Waals surface area contributed by atoms with Gasteiger partial charge in [-0.25, -0.2) is 4.90 Å². The van der Waals surface area contributed by atoms with Crippen LogP contribution in [0.25, 0.3) is 11.1 Å². The number of fused-ring (bicyclic) bond motifs is 3. The summed E-state index contributed by atoms with van der Waals surface area (Å²) in [6.45, 7) is 0. The molecule has 2 heterocycles. The number of hydrogen-bond donors (Lipinski definition) is 0. The van der Waals surface area contributed by atoms with Crippen molar-refractivity contribution >= 4 is 29.1 Å². The van der Waals surface area contributed by atoms with Gasteiger partial charge >= 0.3 is 0 Å². The lowest BCUT2D eigenvalue weighted by molar-refractivity contribution is -0.127. The van der Waals surface area contributed by atoms with E-state index in [2.05, 4.69) is 0 Å². The number of nitrogens with zero attached hydrogens (tertiary/aromatic N) is 1. The Labute approximate surface area is 218 Å². The van der Waals surface area contributed by atoms with Gasteiger partial charge in [-0.2, -0.15) is 0 Å². The second-order valence-corrected chi connectivity index (χ2v) is 9.82. The summed E-state index contributed by atoms with van der Waals surface area (Å²) in [5, 5.41) is 0. The molecule has 184 valence electrons. The van der Waals surface area contributed by atoms with Crippen LogP contribution in [0.15, 0.2) is 109 Å². The summed E-state index contributed by atoms with van der Waals surface area (Å²) in [4.78, 5) is 56.8. The molecular weight excluding hydrogens is 478 g/mol. The molecule has 4 aromatic rings. The van der Waals surface area contributed by atoms with Crippen LogP contribution in [-0.2, 0) is 14.3 Å². The second kappa shape index (κ2) is 8.16. The van der Waals surface area contributed by atoms with E-state index < -0.39 is 46.9 Å². The number of ether oxygens (including phenoxy) is 1. The molecule has 1 spiro atoms. The Morgan fingerprint density at radius 3 is 1.71 bits per heavy atom. The minimum absolute atomic E-state index is 0.218. The van der Waals surface area contributed by atoms with Gasteiger partial charge in [-0.3, -0.25) is 19.2 Å². The van der Waals surface area contributed by atoms with Gasteiger partial charge in [0.25, 0.3) is 0 Å². The van der Waals surface area contributed by atoms with Crippen LogP contribution in [0.2, 0.25) is 0 Å². The predicted octanol–water partition coefficient (Wildman–Crippen LogP) is 5.05. The van der Waals surface area contributed by atoms with E-state index in [-0.39, 0.29) is 11.1 Å². The molecule has 2 aliphatic heterocycles. The SMILES string of the molecule is O=C1[C@H]2[C@@H](c3ccccc3)OC3(C(=O)c4ccccc4C3=O)[C@@H]2C(=O)N1c1ccc(-c2ccccc2)cc1. The van der Waals surface area contributed by atoms with Gasteiger partial charge in [0, 0.05) is 11.1 Å². The van der Waals surface area contributed by atoms with E-state index in [0.717, 1.165) is 16.0 Å².